The number of thiocarbonyl (C=S) groups is 1. The Bertz CT molecular complexity index is 971. The molecule has 0 bridgehead atoms. The Balaban J connectivity index is 2.10. The second kappa shape index (κ2) is 8.40. The highest BCUT2D eigenvalue weighted by molar-refractivity contribution is 7.80. The maximum atomic E-state index is 13.0. The van der Waals surface area contributed by atoms with Gasteiger partial charge >= 0.3 is 5.97 Å². The van der Waals surface area contributed by atoms with Gasteiger partial charge in [0, 0.05) is 23.5 Å². The van der Waals surface area contributed by atoms with Crippen LogP contribution in [0.15, 0.2) is 65.9 Å². The van der Waals surface area contributed by atoms with Gasteiger partial charge in [-0.25, -0.2) is 4.79 Å². The van der Waals surface area contributed by atoms with E-state index in [9.17, 15) is 14.9 Å². The van der Waals surface area contributed by atoms with Crippen molar-refractivity contribution >= 4 is 34.7 Å². The van der Waals surface area contributed by atoms with Crippen LogP contribution in [0.3, 0.4) is 0 Å². The first-order valence-corrected chi connectivity index (χ1v) is 9.52. The highest BCUT2D eigenvalue weighted by Gasteiger charge is 2.35. The molecule has 1 aliphatic rings. The van der Waals surface area contributed by atoms with E-state index < -0.39 is 16.9 Å². The number of benzene rings is 2. The smallest absolute Gasteiger partial charge is 0.338 e. The predicted octanol–water partition coefficient (Wildman–Crippen LogP) is 4.26. The number of esters is 1. The average Bonchev–Trinajstić information content (AvgIpc) is 2.67. The van der Waals surface area contributed by atoms with Crippen LogP contribution in [0.5, 0.6) is 0 Å². The van der Waals surface area contributed by atoms with E-state index in [0.29, 0.717) is 21.9 Å². The zero-order valence-corrected chi connectivity index (χ0v) is 17.1. The third-order valence-corrected chi connectivity index (χ3v) is 4.80. The summed E-state index contributed by atoms with van der Waals surface area (Å²) in [5, 5.41) is 14.6. The quantitative estimate of drug-likeness (QED) is 0.341. The minimum atomic E-state index is -0.575. The Kier molecular flexibility index (Phi) is 5.93. The van der Waals surface area contributed by atoms with Gasteiger partial charge in [-0.1, -0.05) is 18.2 Å². The third-order valence-electron chi connectivity index (χ3n) is 4.50. The molecule has 0 amide bonds. The second-order valence-electron chi connectivity index (χ2n) is 6.86. The van der Waals surface area contributed by atoms with E-state index in [-0.39, 0.29) is 11.8 Å². The van der Waals surface area contributed by atoms with Crippen LogP contribution in [0.25, 0.3) is 0 Å². The summed E-state index contributed by atoms with van der Waals surface area (Å²) in [7, 11) is 0. The largest absolute Gasteiger partial charge is 0.459 e. The molecule has 0 aromatic heterocycles. The van der Waals surface area contributed by atoms with Crippen LogP contribution in [-0.2, 0) is 9.53 Å². The van der Waals surface area contributed by atoms with E-state index >= 15 is 0 Å². The van der Waals surface area contributed by atoms with Crippen molar-refractivity contribution in [1.82, 2.24) is 5.32 Å². The fourth-order valence-corrected chi connectivity index (χ4v) is 3.57. The summed E-state index contributed by atoms with van der Waals surface area (Å²) >= 11 is 5.58. The van der Waals surface area contributed by atoms with Crippen LogP contribution in [0, 0.1) is 10.1 Å². The summed E-state index contributed by atoms with van der Waals surface area (Å²) in [5.41, 5.74) is 2.53. The molecule has 1 atom stereocenters. The van der Waals surface area contributed by atoms with Gasteiger partial charge in [0.1, 0.15) is 0 Å². The molecule has 1 aliphatic heterocycles. The number of nitrogens with zero attached hydrogens (tertiary/aromatic N) is 2. The standard InChI is InChI=1S/C21H21N3O4S/c1-13(2)28-20(25)18-14(3)23(16-7-5-4-6-8-16)21(29)22-19(18)15-9-11-17(12-10-15)24(26)27/h4-13,19H,1-3H3,(H,22,29)/t19-/m0/s1. The van der Waals surface area contributed by atoms with Gasteiger partial charge in [-0.15, -0.1) is 0 Å². The number of para-hydroxylation sites is 1. The first-order valence-electron chi connectivity index (χ1n) is 9.11. The molecular weight excluding hydrogens is 390 g/mol. The molecule has 0 fully saturated rings. The molecule has 2 aromatic carbocycles. The lowest BCUT2D eigenvalue weighted by Crippen LogP contribution is -2.48. The first kappa shape index (κ1) is 20.5. The number of hydrogen-bond donors (Lipinski definition) is 1. The number of carbonyl (C=O) groups is 1. The van der Waals surface area contributed by atoms with Crippen molar-refractivity contribution in [2.45, 2.75) is 32.9 Å². The molecule has 0 radical (unpaired) electrons. The van der Waals surface area contributed by atoms with Gasteiger partial charge in [-0.3, -0.25) is 15.0 Å². The van der Waals surface area contributed by atoms with E-state index in [4.69, 9.17) is 17.0 Å². The fraction of sp³-hybridized carbons (Fsp3) is 0.238. The summed E-state index contributed by atoms with van der Waals surface area (Å²) in [5.74, 6) is -0.461. The molecule has 7 nitrogen and oxygen atoms in total. The molecule has 3 rings (SSSR count). The monoisotopic (exact) mass is 411 g/mol. The number of nitro groups is 1. The van der Waals surface area contributed by atoms with Crippen LogP contribution in [0.1, 0.15) is 32.4 Å². The molecule has 0 aliphatic carbocycles. The molecule has 1 heterocycles. The highest BCUT2D eigenvalue weighted by Crippen LogP contribution is 2.34. The second-order valence-corrected chi connectivity index (χ2v) is 7.24. The lowest BCUT2D eigenvalue weighted by molar-refractivity contribution is -0.384. The Morgan fingerprint density at radius 1 is 1.17 bits per heavy atom. The number of anilines is 1. The SMILES string of the molecule is CC1=C(C(=O)OC(C)C)[C@H](c2ccc([N+](=O)[O-])cc2)NC(=S)N1c1ccccc1. The van der Waals surface area contributed by atoms with Crippen molar-refractivity contribution in [2.75, 3.05) is 4.90 Å². The van der Waals surface area contributed by atoms with Crippen LogP contribution in [0.4, 0.5) is 11.4 Å². The van der Waals surface area contributed by atoms with Gasteiger partial charge in [0.05, 0.1) is 22.6 Å². The maximum Gasteiger partial charge on any atom is 0.338 e. The van der Waals surface area contributed by atoms with E-state index in [1.807, 2.05) is 37.3 Å². The number of ether oxygens (including phenoxy) is 1. The summed E-state index contributed by atoms with van der Waals surface area (Å²) in [6.45, 7) is 5.38. The number of nitro benzene ring substituents is 1. The number of allylic oxidation sites excluding steroid dienone is 1. The van der Waals surface area contributed by atoms with Crippen molar-refractivity contribution in [1.29, 1.82) is 0 Å². The van der Waals surface area contributed by atoms with Gasteiger partial charge in [0.25, 0.3) is 5.69 Å². The van der Waals surface area contributed by atoms with Gasteiger partial charge in [-0.2, -0.15) is 0 Å². The normalized spacial score (nSPS) is 16.6. The lowest BCUT2D eigenvalue weighted by Gasteiger charge is -2.37. The van der Waals surface area contributed by atoms with Gasteiger partial charge in [0.2, 0.25) is 0 Å². The molecule has 0 unspecified atom stereocenters. The molecule has 0 spiro atoms. The van der Waals surface area contributed by atoms with E-state index in [2.05, 4.69) is 5.32 Å². The Morgan fingerprint density at radius 2 is 1.79 bits per heavy atom. The van der Waals surface area contributed by atoms with Crippen molar-refractivity contribution in [2.24, 2.45) is 0 Å². The minimum absolute atomic E-state index is 0.0231. The van der Waals surface area contributed by atoms with Crippen molar-refractivity contribution in [3.8, 4) is 0 Å². The highest BCUT2D eigenvalue weighted by atomic mass is 32.1. The molecule has 0 saturated carbocycles. The Morgan fingerprint density at radius 3 is 2.34 bits per heavy atom. The average molecular weight is 411 g/mol. The number of nitrogens with one attached hydrogen (secondary N) is 1. The van der Waals surface area contributed by atoms with Crippen molar-refractivity contribution < 1.29 is 14.5 Å². The Labute approximate surface area is 174 Å². The summed E-state index contributed by atoms with van der Waals surface area (Å²) in [6, 6.07) is 14.9. The molecule has 29 heavy (non-hydrogen) atoms. The summed E-state index contributed by atoms with van der Waals surface area (Å²) in [6.07, 6.45) is -0.292. The maximum absolute atomic E-state index is 13.0. The third kappa shape index (κ3) is 4.27. The molecule has 1 N–H and O–H groups in total. The molecule has 2 aromatic rings. The van der Waals surface area contributed by atoms with Crippen LogP contribution in [0.2, 0.25) is 0 Å². The van der Waals surface area contributed by atoms with Crippen molar-refractivity contribution in [3.63, 3.8) is 0 Å². The summed E-state index contributed by atoms with van der Waals surface area (Å²) in [4.78, 5) is 25.3. The Hall–Kier alpha value is -3.26. The molecular formula is C21H21N3O4S. The van der Waals surface area contributed by atoms with Crippen molar-refractivity contribution in [3.05, 3.63) is 81.5 Å². The topological polar surface area (TPSA) is 84.7 Å². The molecule has 0 saturated heterocycles. The number of hydrogen-bond acceptors (Lipinski definition) is 5. The van der Waals surface area contributed by atoms with Gasteiger partial charge in [-0.05, 0) is 62.8 Å². The predicted molar refractivity (Wildman–Crippen MR) is 114 cm³/mol. The zero-order chi connectivity index (χ0) is 21.1. The minimum Gasteiger partial charge on any atom is -0.459 e. The number of non-ortho nitro benzene ring substituents is 1. The zero-order valence-electron chi connectivity index (χ0n) is 16.3. The van der Waals surface area contributed by atoms with E-state index in [0.717, 1.165) is 5.69 Å². The van der Waals surface area contributed by atoms with E-state index in [1.165, 1.54) is 12.1 Å². The molecule has 150 valence electrons. The van der Waals surface area contributed by atoms with Crippen LogP contribution in [-0.4, -0.2) is 22.1 Å². The van der Waals surface area contributed by atoms with Gasteiger partial charge in [0.15, 0.2) is 5.11 Å². The molecule has 8 heteroatoms. The van der Waals surface area contributed by atoms with E-state index in [1.54, 1.807) is 30.9 Å². The van der Waals surface area contributed by atoms with Crippen LogP contribution >= 0.6 is 12.2 Å². The number of carbonyl (C=O) groups excluding carboxylic acids is 1. The number of rotatable bonds is 5. The fourth-order valence-electron chi connectivity index (χ4n) is 3.21. The van der Waals surface area contributed by atoms with Gasteiger partial charge < -0.3 is 10.1 Å². The van der Waals surface area contributed by atoms with Crippen LogP contribution < -0.4 is 10.2 Å². The lowest BCUT2D eigenvalue weighted by atomic mass is 9.94. The summed E-state index contributed by atoms with van der Waals surface area (Å²) < 4.78 is 5.48. The first-order chi connectivity index (χ1) is 13.8.